The molecule has 112 valence electrons. The van der Waals surface area contributed by atoms with Gasteiger partial charge in [0.05, 0.1) is 7.11 Å². The minimum Gasteiger partial charge on any atom is -0.466 e. The van der Waals surface area contributed by atoms with Gasteiger partial charge in [0.15, 0.2) is 0 Å². The Morgan fingerprint density at radius 3 is 2.81 bits per heavy atom. The van der Waals surface area contributed by atoms with E-state index in [0.29, 0.717) is 19.5 Å². The van der Waals surface area contributed by atoms with E-state index in [-0.39, 0.29) is 12.0 Å². The molecule has 0 saturated heterocycles. The van der Waals surface area contributed by atoms with Crippen molar-refractivity contribution >= 4 is 16.2 Å². The van der Waals surface area contributed by atoms with E-state index >= 15 is 0 Å². The Kier molecular flexibility index (Phi) is 3.52. The van der Waals surface area contributed by atoms with Gasteiger partial charge in [-0.15, -0.1) is 5.10 Å². The average Bonchev–Trinajstić information content (AvgIpc) is 2.93. The van der Waals surface area contributed by atoms with Crippen LogP contribution in [0.4, 0.5) is 5.95 Å². The van der Waals surface area contributed by atoms with Crippen LogP contribution in [0.25, 0.3) is 0 Å². The van der Waals surface area contributed by atoms with Crippen molar-refractivity contribution in [3.63, 3.8) is 0 Å². The average molecular weight is 309 g/mol. The quantitative estimate of drug-likeness (QED) is 0.858. The molecule has 1 aliphatic rings. The summed E-state index contributed by atoms with van der Waals surface area (Å²) in [6.45, 7) is 0.772. The number of benzene rings is 1. The zero-order valence-electron chi connectivity index (χ0n) is 11.4. The van der Waals surface area contributed by atoms with E-state index < -0.39 is 10.2 Å². The van der Waals surface area contributed by atoms with Gasteiger partial charge in [-0.05, 0) is 17.5 Å². The molecule has 0 fully saturated rings. The first-order valence-electron chi connectivity index (χ1n) is 6.39. The number of aromatic nitrogens is 3. The first-order valence-corrected chi connectivity index (χ1v) is 7.83. The van der Waals surface area contributed by atoms with E-state index in [0.717, 1.165) is 5.56 Å². The van der Waals surface area contributed by atoms with Gasteiger partial charge in [0.1, 0.15) is 0 Å². The van der Waals surface area contributed by atoms with Gasteiger partial charge < -0.3 is 4.74 Å². The Morgan fingerprint density at radius 1 is 1.33 bits per heavy atom. The number of nitrogens with one attached hydrogen (secondary N) is 2. The van der Waals surface area contributed by atoms with Gasteiger partial charge in [-0.25, -0.2) is 9.82 Å². The predicted molar refractivity (Wildman–Crippen MR) is 76.0 cm³/mol. The number of hydrogen-bond donors (Lipinski definition) is 2. The summed E-state index contributed by atoms with van der Waals surface area (Å²) in [6, 6.07) is 7.91. The normalized spacial score (nSPS) is 15.5. The summed E-state index contributed by atoms with van der Waals surface area (Å²) in [5.41, 5.74) is 2.20. The molecule has 2 heterocycles. The van der Waals surface area contributed by atoms with Crippen LogP contribution in [-0.4, -0.2) is 41.6 Å². The number of nitrogens with zero attached hydrogens (tertiary/aromatic N) is 3. The van der Waals surface area contributed by atoms with Gasteiger partial charge in [-0.2, -0.15) is 17.7 Å². The van der Waals surface area contributed by atoms with E-state index in [1.165, 1.54) is 17.0 Å². The highest BCUT2D eigenvalue weighted by atomic mass is 32.2. The molecule has 1 aliphatic heterocycles. The molecule has 1 aromatic carbocycles. The van der Waals surface area contributed by atoms with Crippen molar-refractivity contribution in [2.45, 2.75) is 13.0 Å². The van der Waals surface area contributed by atoms with Crippen LogP contribution >= 0.6 is 0 Å². The SMILES string of the molecule is COc1n[nH]c(NS(=O)(=O)N2CCc3ccccc3C2)n1. The minimum absolute atomic E-state index is 0.0331. The van der Waals surface area contributed by atoms with Gasteiger partial charge >= 0.3 is 16.2 Å². The Balaban J connectivity index is 1.77. The number of hydrogen-bond acceptors (Lipinski definition) is 5. The molecule has 0 amide bonds. The number of rotatable bonds is 4. The fraction of sp³-hybridized carbons (Fsp3) is 0.333. The van der Waals surface area contributed by atoms with Crippen molar-refractivity contribution in [1.82, 2.24) is 19.5 Å². The second-order valence-corrected chi connectivity index (χ2v) is 6.30. The van der Waals surface area contributed by atoms with Crippen LogP contribution in [0, 0.1) is 0 Å². The summed E-state index contributed by atoms with van der Waals surface area (Å²) in [5.74, 6) is 0.0331. The van der Waals surface area contributed by atoms with Crippen molar-refractivity contribution in [2.24, 2.45) is 0 Å². The van der Waals surface area contributed by atoms with Crippen LogP contribution < -0.4 is 9.46 Å². The molecule has 0 spiro atoms. The van der Waals surface area contributed by atoms with Gasteiger partial charge in [-0.3, -0.25) is 0 Å². The Morgan fingerprint density at radius 2 is 2.10 bits per heavy atom. The Bertz CT molecular complexity index is 743. The lowest BCUT2D eigenvalue weighted by molar-refractivity contribution is 0.382. The van der Waals surface area contributed by atoms with Crippen molar-refractivity contribution < 1.29 is 13.2 Å². The van der Waals surface area contributed by atoms with Gasteiger partial charge in [-0.1, -0.05) is 24.3 Å². The van der Waals surface area contributed by atoms with Crippen LogP contribution in [0.1, 0.15) is 11.1 Å². The molecular weight excluding hydrogens is 294 g/mol. The lowest BCUT2D eigenvalue weighted by Crippen LogP contribution is -2.39. The number of ether oxygens (including phenoxy) is 1. The number of methoxy groups -OCH3 is 1. The predicted octanol–water partition coefficient (Wildman–Crippen LogP) is 0.528. The lowest BCUT2D eigenvalue weighted by Gasteiger charge is -2.27. The summed E-state index contributed by atoms with van der Waals surface area (Å²) >= 11 is 0. The molecule has 0 bridgehead atoms. The van der Waals surface area contributed by atoms with Crippen molar-refractivity contribution in [1.29, 1.82) is 0 Å². The highest BCUT2D eigenvalue weighted by molar-refractivity contribution is 7.90. The maximum absolute atomic E-state index is 12.3. The summed E-state index contributed by atoms with van der Waals surface area (Å²) in [6.07, 6.45) is 0.691. The molecule has 0 saturated carbocycles. The summed E-state index contributed by atoms with van der Waals surface area (Å²) in [5, 5.41) is 6.16. The monoisotopic (exact) mass is 309 g/mol. The molecule has 2 aromatic rings. The highest BCUT2D eigenvalue weighted by Gasteiger charge is 2.27. The van der Waals surface area contributed by atoms with E-state index in [1.807, 2.05) is 24.3 Å². The fourth-order valence-electron chi connectivity index (χ4n) is 2.25. The topological polar surface area (TPSA) is 100 Å². The van der Waals surface area contributed by atoms with Crippen LogP contribution in [-0.2, 0) is 23.2 Å². The lowest BCUT2D eigenvalue weighted by atomic mass is 10.0. The van der Waals surface area contributed by atoms with Crippen LogP contribution in [0.5, 0.6) is 6.01 Å². The molecule has 0 atom stereocenters. The Hall–Kier alpha value is -2.13. The van der Waals surface area contributed by atoms with Gasteiger partial charge in [0, 0.05) is 13.1 Å². The van der Waals surface area contributed by atoms with Crippen LogP contribution in [0.2, 0.25) is 0 Å². The molecule has 9 heteroatoms. The number of anilines is 1. The van der Waals surface area contributed by atoms with Crippen LogP contribution in [0.15, 0.2) is 24.3 Å². The minimum atomic E-state index is -3.68. The summed E-state index contributed by atoms with van der Waals surface area (Å²) in [4.78, 5) is 3.85. The van der Waals surface area contributed by atoms with E-state index in [9.17, 15) is 8.42 Å². The zero-order chi connectivity index (χ0) is 14.9. The highest BCUT2D eigenvalue weighted by Crippen LogP contribution is 2.21. The second-order valence-electron chi connectivity index (χ2n) is 4.63. The molecule has 8 nitrogen and oxygen atoms in total. The van der Waals surface area contributed by atoms with Crippen molar-refractivity contribution in [3.05, 3.63) is 35.4 Å². The molecule has 0 radical (unpaired) electrons. The standard InChI is InChI=1S/C12H15N5O3S/c1-20-12-13-11(14-15-12)16-21(18,19)17-7-6-9-4-2-3-5-10(9)8-17/h2-5H,6-8H2,1H3,(H2,13,14,15,16). The second kappa shape index (κ2) is 5.34. The van der Waals surface area contributed by atoms with Crippen LogP contribution in [0.3, 0.4) is 0 Å². The summed E-state index contributed by atoms with van der Waals surface area (Å²) < 4.78 is 33.2. The molecule has 0 unspecified atom stereocenters. The third-order valence-electron chi connectivity index (χ3n) is 3.31. The first kappa shape index (κ1) is 13.8. The molecule has 0 aliphatic carbocycles. The van der Waals surface area contributed by atoms with Crippen molar-refractivity contribution in [2.75, 3.05) is 18.4 Å². The molecule has 2 N–H and O–H groups in total. The molecule has 3 rings (SSSR count). The largest absolute Gasteiger partial charge is 0.466 e. The number of H-pyrrole nitrogens is 1. The Labute approximate surface area is 122 Å². The molecule has 1 aromatic heterocycles. The fourth-order valence-corrected chi connectivity index (χ4v) is 3.35. The van der Waals surface area contributed by atoms with Gasteiger partial charge in [0.2, 0.25) is 5.95 Å². The first-order chi connectivity index (χ1) is 10.1. The van der Waals surface area contributed by atoms with E-state index in [4.69, 9.17) is 4.74 Å². The van der Waals surface area contributed by atoms with E-state index in [1.54, 1.807) is 0 Å². The smallest absolute Gasteiger partial charge is 0.336 e. The zero-order valence-corrected chi connectivity index (χ0v) is 12.2. The maximum Gasteiger partial charge on any atom is 0.336 e. The van der Waals surface area contributed by atoms with Gasteiger partial charge in [0.25, 0.3) is 0 Å². The summed E-state index contributed by atoms with van der Waals surface area (Å²) in [7, 11) is -2.27. The molecular formula is C12H15N5O3S. The number of aromatic amines is 1. The number of fused-ring (bicyclic) bond motifs is 1. The maximum atomic E-state index is 12.3. The van der Waals surface area contributed by atoms with E-state index in [2.05, 4.69) is 19.9 Å². The third-order valence-corrected chi connectivity index (χ3v) is 4.75. The van der Waals surface area contributed by atoms with Crippen molar-refractivity contribution in [3.8, 4) is 6.01 Å². The third kappa shape index (κ3) is 2.83. The molecule has 21 heavy (non-hydrogen) atoms.